The summed E-state index contributed by atoms with van der Waals surface area (Å²) in [4.78, 5) is 11.2. The third-order valence-electron chi connectivity index (χ3n) is 7.02. The summed E-state index contributed by atoms with van der Waals surface area (Å²) in [7, 11) is 0. The van der Waals surface area contributed by atoms with Crippen LogP contribution < -0.4 is 9.47 Å². The number of rotatable bonds is 10. The van der Waals surface area contributed by atoms with E-state index < -0.39 is 11.8 Å². The first-order valence-corrected chi connectivity index (χ1v) is 14.5. The minimum Gasteiger partial charge on any atom is -0.491 e. The molecule has 0 radical (unpaired) electrons. The van der Waals surface area contributed by atoms with Crippen LogP contribution in [0.5, 0.6) is 11.5 Å². The van der Waals surface area contributed by atoms with Crippen LogP contribution in [0, 0.1) is 18.8 Å². The SMILES string of the molecule is CC#C[C@@H](CC(=O)O)c1ccc(COc2ccc3scc(-c4ccc(OCC5COC(C)(C)O5)cc4C)c3c2)cc1. The lowest BCUT2D eigenvalue weighted by Gasteiger charge is -2.17. The fourth-order valence-electron chi connectivity index (χ4n) is 4.98. The highest BCUT2D eigenvalue weighted by Gasteiger charge is 2.33. The van der Waals surface area contributed by atoms with E-state index in [9.17, 15) is 9.90 Å². The summed E-state index contributed by atoms with van der Waals surface area (Å²) < 4.78 is 24.8. The van der Waals surface area contributed by atoms with Crippen molar-refractivity contribution in [3.63, 3.8) is 0 Å². The maximum atomic E-state index is 11.2. The minimum absolute atomic E-state index is 0.0156. The Balaban J connectivity index is 1.26. The Morgan fingerprint density at radius 3 is 2.51 bits per heavy atom. The van der Waals surface area contributed by atoms with E-state index in [1.54, 1.807) is 18.3 Å². The van der Waals surface area contributed by atoms with Crippen LogP contribution >= 0.6 is 11.3 Å². The number of carboxylic acids is 1. The van der Waals surface area contributed by atoms with Crippen molar-refractivity contribution < 1.29 is 28.8 Å². The Morgan fingerprint density at radius 1 is 1.07 bits per heavy atom. The van der Waals surface area contributed by atoms with Crippen molar-refractivity contribution in [2.45, 2.75) is 58.5 Å². The van der Waals surface area contributed by atoms with Crippen LogP contribution in [-0.2, 0) is 20.9 Å². The molecule has 0 amide bonds. The third-order valence-corrected chi connectivity index (χ3v) is 7.98. The zero-order chi connectivity index (χ0) is 29.0. The molecule has 0 bridgehead atoms. The van der Waals surface area contributed by atoms with Gasteiger partial charge in [-0.2, -0.15) is 0 Å². The van der Waals surface area contributed by atoms with E-state index in [4.69, 9.17) is 18.9 Å². The summed E-state index contributed by atoms with van der Waals surface area (Å²) in [6, 6.07) is 20.2. The number of hydrogen-bond acceptors (Lipinski definition) is 6. The first-order chi connectivity index (χ1) is 19.7. The maximum absolute atomic E-state index is 11.2. The number of carbonyl (C=O) groups is 1. The van der Waals surface area contributed by atoms with Gasteiger partial charge in [0, 0.05) is 15.6 Å². The summed E-state index contributed by atoms with van der Waals surface area (Å²) in [5.41, 5.74) is 5.35. The number of fused-ring (bicyclic) bond motifs is 1. The molecule has 1 aliphatic rings. The lowest BCUT2D eigenvalue weighted by molar-refractivity contribution is -0.141. The number of aryl methyl sites for hydroxylation is 1. The van der Waals surface area contributed by atoms with Crippen LogP contribution in [-0.4, -0.2) is 36.2 Å². The van der Waals surface area contributed by atoms with Gasteiger partial charge in [0.15, 0.2) is 5.79 Å². The van der Waals surface area contributed by atoms with Gasteiger partial charge < -0.3 is 24.1 Å². The van der Waals surface area contributed by atoms with Crippen molar-refractivity contribution in [3.05, 3.63) is 82.7 Å². The molecule has 5 rings (SSSR count). The standard InChI is InChI=1S/C34H34O6S/c1-5-6-25(16-33(35)36)24-9-7-23(8-10-24)18-37-27-12-14-32-30(17-27)31(21-41-32)29-13-11-26(15-22(29)2)38-19-28-20-39-34(3,4)40-28/h7-15,17,21,25,28H,16,18-20H2,1-4H3,(H,35,36)/t25-,28?/m0/s1. The lowest BCUT2D eigenvalue weighted by atomic mass is 9.95. The average Bonchev–Trinajstić information content (AvgIpc) is 3.52. The van der Waals surface area contributed by atoms with Gasteiger partial charge in [-0.3, -0.25) is 4.79 Å². The Labute approximate surface area is 244 Å². The van der Waals surface area contributed by atoms with Crippen LogP contribution in [0.3, 0.4) is 0 Å². The number of aliphatic carboxylic acids is 1. The summed E-state index contributed by atoms with van der Waals surface area (Å²) in [5.74, 6) is 5.69. The monoisotopic (exact) mass is 570 g/mol. The van der Waals surface area contributed by atoms with Crippen molar-refractivity contribution in [1.82, 2.24) is 0 Å². The number of ether oxygens (including phenoxy) is 4. The van der Waals surface area contributed by atoms with E-state index in [2.05, 4.69) is 48.4 Å². The molecule has 41 heavy (non-hydrogen) atoms. The van der Waals surface area contributed by atoms with Crippen LogP contribution in [0.4, 0.5) is 0 Å². The molecule has 0 saturated carbocycles. The number of hydrogen-bond donors (Lipinski definition) is 1. The van der Waals surface area contributed by atoms with E-state index in [1.807, 2.05) is 50.2 Å². The summed E-state index contributed by atoms with van der Waals surface area (Å²) in [6.07, 6.45) is -0.0931. The van der Waals surface area contributed by atoms with Crippen molar-refractivity contribution in [1.29, 1.82) is 0 Å². The van der Waals surface area contributed by atoms with Gasteiger partial charge in [-0.25, -0.2) is 0 Å². The molecule has 7 heteroatoms. The summed E-state index contributed by atoms with van der Waals surface area (Å²) in [5, 5.41) is 12.5. The maximum Gasteiger partial charge on any atom is 0.304 e. The third kappa shape index (κ3) is 7.09. The van der Waals surface area contributed by atoms with Crippen molar-refractivity contribution in [3.8, 4) is 34.5 Å². The van der Waals surface area contributed by atoms with Crippen LogP contribution in [0.1, 0.15) is 49.8 Å². The summed E-state index contributed by atoms with van der Waals surface area (Å²) in [6.45, 7) is 9.03. The first kappa shape index (κ1) is 28.7. The van der Waals surface area contributed by atoms with Gasteiger partial charge in [0.2, 0.25) is 0 Å². The molecule has 1 aliphatic heterocycles. The fraction of sp³-hybridized carbons (Fsp3) is 0.324. The van der Waals surface area contributed by atoms with Gasteiger partial charge in [0.1, 0.15) is 30.8 Å². The van der Waals surface area contributed by atoms with Gasteiger partial charge in [0.05, 0.1) is 18.9 Å². The van der Waals surface area contributed by atoms with Gasteiger partial charge in [0.25, 0.3) is 0 Å². The number of carboxylic acid groups (broad SMARTS) is 1. The normalized spacial score (nSPS) is 16.6. The molecule has 1 aromatic heterocycles. The Bertz CT molecular complexity index is 1590. The molecule has 1 fully saturated rings. The van der Waals surface area contributed by atoms with Crippen molar-refractivity contribution in [2.24, 2.45) is 0 Å². The van der Waals surface area contributed by atoms with E-state index in [-0.39, 0.29) is 18.4 Å². The molecule has 6 nitrogen and oxygen atoms in total. The van der Waals surface area contributed by atoms with Crippen molar-refractivity contribution in [2.75, 3.05) is 13.2 Å². The highest BCUT2D eigenvalue weighted by molar-refractivity contribution is 7.17. The minimum atomic E-state index is -0.859. The molecular weight excluding hydrogens is 536 g/mol. The molecule has 1 saturated heterocycles. The van der Waals surface area contributed by atoms with Gasteiger partial charge in [-0.05, 0) is 85.7 Å². The Kier molecular flexibility index (Phi) is 8.65. The fourth-order valence-corrected chi connectivity index (χ4v) is 5.92. The second-order valence-electron chi connectivity index (χ2n) is 10.6. The average molecular weight is 571 g/mol. The van der Waals surface area contributed by atoms with E-state index in [0.717, 1.165) is 39.1 Å². The molecule has 4 aromatic rings. The second kappa shape index (κ2) is 12.4. The van der Waals surface area contributed by atoms with E-state index in [0.29, 0.717) is 19.8 Å². The molecule has 0 aliphatic carbocycles. The zero-order valence-corrected chi connectivity index (χ0v) is 24.5. The lowest BCUT2D eigenvalue weighted by Crippen LogP contribution is -2.25. The first-order valence-electron chi connectivity index (χ1n) is 13.6. The second-order valence-corrected chi connectivity index (χ2v) is 11.5. The predicted molar refractivity (Wildman–Crippen MR) is 162 cm³/mol. The topological polar surface area (TPSA) is 74.2 Å². The highest BCUT2D eigenvalue weighted by Crippen LogP contribution is 2.38. The number of thiophene rings is 1. The van der Waals surface area contributed by atoms with Crippen LogP contribution in [0.2, 0.25) is 0 Å². The molecule has 3 aromatic carbocycles. The zero-order valence-electron chi connectivity index (χ0n) is 23.7. The summed E-state index contributed by atoms with van der Waals surface area (Å²) >= 11 is 1.71. The van der Waals surface area contributed by atoms with E-state index >= 15 is 0 Å². The molecule has 1 unspecified atom stereocenters. The van der Waals surface area contributed by atoms with Crippen molar-refractivity contribution >= 4 is 27.4 Å². The van der Waals surface area contributed by atoms with Crippen LogP contribution in [0.15, 0.2) is 66.0 Å². The molecule has 2 heterocycles. The van der Waals surface area contributed by atoms with Crippen LogP contribution in [0.25, 0.3) is 21.2 Å². The van der Waals surface area contributed by atoms with Gasteiger partial charge >= 0.3 is 5.97 Å². The largest absolute Gasteiger partial charge is 0.491 e. The number of benzene rings is 3. The predicted octanol–water partition coefficient (Wildman–Crippen LogP) is 7.57. The van der Waals surface area contributed by atoms with Gasteiger partial charge in [-0.15, -0.1) is 17.3 Å². The van der Waals surface area contributed by atoms with E-state index in [1.165, 1.54) is 10.3 Å². The molecule has 1 N–H and O–H groups in total. The Morgan fingerprint density at radius 2 is 1.83 bits per heavy atom. The Hall–Kier alpha value is -3.83. The highest BCUT2D eigenvalue weighted by atomic mass is 32.1. The van der Waals surface area contributed by atoms with Gasteiger partial charge in [-0.1, -0.05) is 36.3 Å². The molecular formula is C34H34O6S. The quantitative estimate of drug-likeness (QED) is 0.198. The molecule has 212 valence electrons. The molecule has 0 spiro atoms. The molecule has 2 atom stereocenters. The smallest absolute Gasteiger partial charge is 0.304 e.